The number of furan rings is 1. The number of aliphatic imine (C=N–C) groups is 1. The minimum atomic E-state index is 0. The molecule has 2 N–H and O–H groups in total. The van der Waals surface area contributed by atoms with E-state index in [-0.39, 0.29) is 24.0 Å². The van der Waals surface area contributed by atoms with Crippen molar-refractivity contribution in [3.63, 3.8) is 0 Å². The highest BCUT2D eigenvalue weighted by Crippen LogP contribution is 2.15. The van der Waals surface area contributed by atoms with Crippen LogP contribution in [0.15, 0.2) is 15.5 Å². The molecule has 0 amide bonds. The van der Waals surface area contributed by atoms with Gasteiger partial charge in [-0.05, 0) is 39.2 Å². The van der Waals surface area contributed by atoms with Gasteiger partial charge in [0.1, 0.15) is 11.5 Å². The minimum absolute atomic E-state index is 0. The fraction of sp³-hybridized carbons (Fsp3) is 0.615. The molecule has 5 heteroatoms. The fourth-order valence-corrected chi connectivity index (χ4v) is 2.23. The Hall–Kier alpha value is -0.720. The van der Waals surface area contributed by atoms with Gasteiger partial charge >= 0.3 is 0 Å². The highest BCUT2D eigenvalue weighted by molar-refractivity contribution is 14.0. The summed E-state index contributed by atoms with van der Waals surface area (Å²) in [6.07, 6.45) is 3.75. The first-order chi connectivity index (χ1) is 8.16. The van der Waals surface area contributed by atoms with Crippen LogP contribution in [0.25, 0.3) is 0 Å². The summed E-state index contributed by atoms with van der Waals surface area (Å²) in [7, 11) is 0. The van der Waals surface area contributed by atoms with Crippen molar-refractivity contribution in [2.24, 2.45) is 10.7 Å². The molecule has 0 aliphatic carbocycles. The van der Waals surface area contributed by atoms with Crippen LogP contribution < -0.4 is 5.73 Å². The number of likely N-dealkylation sites (tertiary alicyclic amines) is 1. The van der Waals surface area contributed by atoms with Gasteiger partial charge in [-0.2, -0.15) is 0 Å². The second kappa shape index (κ2) is 7.01. The predicted octanol–water partition coefficient (Wildman–Crippen LogP) is 2.82. The molecule has 1 aromatic rings. The molecule has 1 aliphatic rings. The zero-order valence-electron chi connectivity index (χ0n) is 11.1. The van der Waals surface area contributed by atoms with Gasteiger partial charge < -0.3 is 15.1 Å². The maximum Gasteiger partial charge on any atom is 0.191 e. The molecule has 0 aromatic carbocycles. The highest BCUT2D eigenvalue weighted by Gasteiger charge is 2.12. The Morgan fingerprint density at radius 2 is 2.00 bits per heavy atom. The Kier molecular flexibility index (Phi) is 5.98. The van der Waals surface area contributed by atoms with E-state index in [1.54, 1.807) is 0 Å². The second-order valence-corrected chi connectivity index (χ2v) is 4.66. The third kappa shape index (κ3) is 3.90. The molecule has 0 saturated carbocycles. The fourth-order valence-electron chi connectivity index (χ4n) is 2.23. The third-order valence-electron chi connectivity index (χ3n) is 3.24. The van der Waals surface area contributed by atoms with Crippen molar-refractivity contribution >= 4 is 29.9 Å². The van der Waals surface area contributed by atoms with E-state index in [0.29, 0.717) is 12.5 Å². The Labute approximate surface area is 126 Å². The molecule has 2 rings (SSSR count). The van der Waals surface area contributed by atoms with Crippen molar-refractivity contribution in [1.82, 2.24) is 4.90 Å². The molecule has 2 heterocycles. The first kappa shape index (κ1) is 15.3. The summed E-state index contributed by atoms with van der Waals surface area (Å²) in [6, 6.07) is 2.03. The molecule has 4 nitrogen and oxygen atoms in total. The Morgan fingerprint density at radius 1 is 1.33 bits per heavy atom. The van der Waals surface area contributed by atoms with E-state index in [4.69, 9.17) is 10.2 Å². The summed E-state index contributed by atoms with van der Waals surface area (Å²) >= 11 is 0. The summed E-state index contributed by atoms with van der Waals surface area (Å²) in [6.45, 7) is 6.62. The summed E-state index contributed by atoms with van der Waals surface area (Å²) in [4.78, 5) is 6.62. The molecule has 102 valence electrons. The lowest BCUT2D eigenvalue weighted by Gasteiger charge is -2.27. The van der Waals surface area contributed by atoms with Crippen LogP contribution in [0.5, 0.6) is 0 Å². The first-order valence-corrected chi connectivity index (χ1v) is 6.27. The van der Waals surface area contributed by atoms with Gasteiger partial charge in [0.25, 0.3) is 0 Å². The van der Waals surface area contributed by atoms with Crippen LogP contribution in [-0.2, 0) is 6.54 Å². The van der Waals surface area contributed by atoms with E-state index in [1.165, 1.54) is 19.3 Å². The zero-order chi connectivity index (χ0) is 12.3. The number of nitrogens with zero attached hydrogens (tertiary/aromatic N) is 2. The number of hydrogen-bond acceptors (Lipinski definition) is 2. The van der Waals surface area contributed by atoms with Gasteiger partial charge in [-0.1, -0.05) is 0 Å². The monoisotopic (exact) mass is 363 g/mol. The van der Waals surface area contributed by atoms with Crippen LogP contribution >= 0.6 is 24.0 Å². The average molecular weight is 363 g/mol. The Balaban J connectivity index is 0.00000162. The number of hydrogen-bond donors (Lipinski definition) is 1. The van der Waals surface area contributed by atoms with E-state index >= 15 is 0 Å². The summed E-state index contributed by atoms with van der Waals surface area (Å²) in [5.74, 6) is 2.55. The van der Waals surface area contributed by atoms with Crippen LogP contribution in [0.4, 0.5) is 0 Å². The maximum absolute atomic E-state index is 6.00. The lowest BCUT2D eigenvalue weighted by Crippen LogP contribution is -2.40. The van der Waals surface area contributed by atoms with E-state index < -0.39 is 0 Å². The quantitative estimate of drug-likeness (QED) is 0.500. The molecule has 0 unspecified atom stereocenters. The van der Waals surface area contributed by atoms with Crippen molar-refractivity contribution in [2.75, 3.05) is 13.1 Å². The normalized spacial score (nSPS) is 16.6. The standard InChI is InChI=1S/C13H21N3O.HI/c1-10-8-12(11(2)17-10)9-15-13(14)16-6-4-3-5-7-16;/h8H,3-7,9H2,1-2H3,(H2,14,15);1H. The molecule has 0 spiro atoms. The molecule has 0 radical (unpaired) electrons. The molecule has 1 aliphatic heterocycles. The summed E-state index contributed by atoms with van der Waals surface area (Å²) in [5, 5.41) is 0. The smallest absolute Gasteiger partial charge is 0.191 e. The van der Waals surface area contributed by atoms with E-state index in [0.717, 1.165) is 30.2 Å². The molecule has 1 saturated heterocycles. The molecule has 18 heavy (non-hydrogen) atoms. The van der Waals surface area contributed by atoms with E-state index in [1.807, 2.05) is 19.9 Å². The van der Waals surface area contributed by atoms with Gasteiger partial charge in [0.15, 0.2) is 5.96 Å². The van der Waals surface area contributed by atoms with Crippen LogP contribution in [0.1, 0.15) is 36.3 Å². The number of guanidine groups is 1. The van der Waals surface area contributed by atoms with Gasteiger partial charge in [0, 0.05) is 18.7 Å². The minimum Gasteiger partial charge on any atom is -0.466 e. The van der Waals surface area contributed by atoms with Crippen molar-refractivity contribution in [2.45, 2.75) is 39.7 Å². The Morgan fingerprint density at radius 3 is 2.56 bits per heavy atom. The number of halogens is 1. The number of rotatable bonds is 2. The van der Waals surface area contributed by atoms with E-state index in [2.05, 4.69) is 9.89 Å². The van der Waals surface area contributed by atoms with Crippen molar-refractivity contribution in [3.05, 3.63) is 23.2 Å². The largest absolute Gasteiger partial charge is 0.466 e. The molecular formula is C13H22IN3O. The van der Waals surface area contributed by atoms with Gasteiger partial charge in [-0.15, -0.1) is 24.0 Å². The maximum atomic E-state index is 6.00. The first-order valence-electron chi connectivity index (χ1n) is 6.27. The average Bonchev–Trinajstić information content (AvgIpc) is 2.66. The van der Waals surface area contributed by atoms with Crippen LogP contribution in [-0.4, -0.2) is 23.9 Å². The number of nitrogens with two attached hydrogens (primary N) is 1. The van der Waals surface area contributed by atoms with Crippen molar-refractivity contribution in [3.8, 4) is 0 Å². The van der Waals surface area contributed by atoms with Gasteiger partial charge in [-0.3, -0.25) is 0 Å². The summed E-state index contributed by atoms with van der Waals surface area (Å²) in [5.41, 5.74) is 7.13. The SMILES string of the molecule is Cc1cc(CN=C(N)N2CCCCC2)c(C)o1.I. The number of piperidine rings is 1. The van der Waals surface area contributed by atoms with Crippen molar-refractivity contribution < 1.29 is 4.42 Å². The van der Waals surface area contributed by atoms with Crippen LogP contribution in [0.3, 0.4) is 0 Å². The Bertz CT molecular complexity index is 408. The molecule has 1 aromatic heterocycles. The van der Waals surface area contributed by atoms with Crippen LogP contribution in [0.2, 0.25) is 0 Å². The highest BCUT2D eigenvalue weighted by atomic mass is 127. The van der Waals surface area contributed by atoms with Gasteiger partial charge in [0.05, 0.1) is 6.54 Å². The van der Waals surface area contributed by atoms with Gasteiger partial charge in [0.2, 0.25) is 0 Å². The topological polar surface area (TPSA) is 54.8 Å². The predicted molar refractivity (Wildman–Crippen MR) is 84.3 cm³/mol. The number of aryl methyl sites for hydroxylation is 2. The van der Waals surface area contributed by atoms with Crippen molar-refractivity contribution in [1.29, 1.82) is 0 Å². The van der Waals surface area contributed by atoms with Gasteiger partial charge in [-0.25, -0.2) is 4.99 Å². The molecule has 1 fully saturated rings. The molecule has 0 bridgehead atoms. The second-order valence-electron chi connectivity index (χ2n) is 4.66. The third-order valence-corrected chi connectivity index (χ3v) is 3.24. The zero-order valence-corrected chi connectivity index (χ0v) is 13.4. The van der Waals surface area contributed by atoms with Crippen LogP contribution in [0, 0.1) is 13.8 Å². The lowest BCUT2D eigenvalue weighted by molar-refractivity contribution is 0.338. The summed E-state index contributed by atoms with van der Waals surface area (Å²) < 4.78 is 5.47. The molecule has 0 atom stereocenters. The lowest BCUT2D eigenvalue weighted by atomic mass is 10.1. The molecular weight excluding hydrogens is 341 g/mol. The van der Waals surface area contributed by atoms with E-state index in [9.17, 15) is 0 Å².